The molecule has 0 bridgehead atoms. The smallest absolute Gasteiger partial charge is 0.280 e. The molecule has 4 aromatic rings. The van der Waals surface area contributed by atoms with Crippen molar-refractivity contribution in [1.82, 2.24) is 10.4 Å². The Kier molecular flexibility index (Phi) is 4.58. The quantitative estimate of drug-likeness (QED) is 0.414. The maximum atomic E-state index is 12.2. The van der Waals surface area contributed by atoms with Gasteiger partial charge in [-0.05, 0) is 35.9 Å². The van der Waals surface area contributed by atoms with Crippen molar-refractivity contribution in [2.75, 3.05) is 0 Å². The van der Waals surface area contributed by atoms with Crippen LogP contribution in [0, 0.1) is 0 Å². The number of rotatable bonds is 5. The van der Waals surface area contributed by atoms with Crippen LogP contribution in [-0.2, 0) is 4.79 Å². The molecule has 1 unspecified atom stereocenters. The number of hydrazone groups is 1. The van der Waals surface area contributed by atoms with Crippen LogP contribution in [0.3, 0.4) is 0 Å². The van der Waals surface area contributed by atoms with Crippen LogP contribution in [-0.4, -0.2) is 23.2 Å². The molecule has 0 aliphatic rings. The van der Waals surface area contributed by atoms with E-state index in [2.05, 4.69) is 15.5 Å². The number of nitrogens with one attached hydrogen (secondary N) is 2. The SMILES string of the molecule is CC(Oc1ccc2ccccc2c1)C(=O)N/N=C/c1c[nH]c2ccccc12. The number of nitrogens with zero attached hydrogens (tertiary/aromatic N) is 1. The Morgan fingerprint density at radius 3 is 2.74 bits per heavy atom. The van der Waals surface area contributed by atoms with Crippen molar-refractivity contribution in [2.45, 2.75) is 13.0 Å². The van der Waals surface area contributed by atoms with Gasteiger partial charge in [-0.25, -0.2) is 5.43 Å². The summed E-state index contributed by atoms with van der Waals surface area (Å²) in [4.78, 5) is 15.4. The Morgan fingerprint density at radius 2 is 1.85 bits per heavy atom. The number of carbonyl (C=O) groups is 1. The van der Waals surface area contributed by atoms with Crippen molar-refractivity contribution in [3.05, 3.63) is 78.5 Å². The average Bonchev–Trinajstić information content (AvgIpc) is 3.11. The highest BCUT2D eigenvalue weighted by molar-refractivity contribution is 5.99. The molecule has 1 amide bonds. The highest BCUT2D eigenvalue weighted by atomic mass is 16.5. The van der Waals surface area contributed by atoms with Gasteiger partial charge in [-0.3, -0.25) is 4.79 Å². The molecule has 0 radical (unpaired) electrons. The zero-order chi connectivity index (χ0) is 18.6. The van der Waals surface area contributed by atoms with Gasteiger partial charge in [0.05, 0.1) is 6.21 Å². The van der Waals surface area contributed by atoms with E-state index < -0.39 is 6.10 Å². The van der Waals surface area contributed by atoms with Crippen molar-refractivity contribution < 1.29 is 9.53 Å². The van der Waals surface area contributed by atoms with Gasteiger partial charge in [0.15, 0.2) is 6.10 Å². The lowest BCUT2D eigenvalue weighted by molar-refractivity contribution is -0.127. The van der Waals surface area contributed by atoms with Crippen LogP contribution in [0.15, 0.2) is 78.0 Å². The third-order valence-electron chi connectivity index (χ3n) is 4.40. The predicted molar refractivity (Wildman–Crippen MR) is 108 cm³/mol. The first-order valence-corrected chi connectivity index (χ1v) is 8.75. The predicted octanol–water partition coefficient (Wildman–Crippen LogP) is 4.24. The highest BCUT2D eigenvalue weighted by Gasteiger charge is 2.14. The van der Waals surface area contributed by atoms with E-state index in [1.807, 2.05) is 72.9 Å². The summed E-state index contributed by atoms with van der Waals surface area (Å²) in [6, 6.07) is 21.7. The second-order valence-corrected chi connectivity index (χ2v) is 6.29. The van der Waals surface area contributed by atoms with E-state index >= 15 is 0 Å². The van der Waals surface area contributed by atoms with Gasteiger partial charge in [-0.1, -0.05) is 48.5 Å². The minimum Gasteiger partial charge on any atom is -0.481 e. The van der Waals surface area contributed by atoms with Crippen molar-refractivity contribution in [2.24, 2.45) is 5.10 Å². The zero-order valence-corrected chi connectivity index (χ0v) is 14.8. The van der Waals surface area contributed by atoms with Gasteiger partial charge in [0, 0.05) is 22.7 Å². The highest BCUT2D eigenvalue weighted by Crippen LogP contribution is 2.21. The lowest BCUT2D eigenvalue weighted by Gasteiger charge is -2.13. The number of fused-ring (bicyclic) bond motifs is 2. The molecule has 1 heterocycles. The van der Waals surface area contributed by atoms with E-state index in [1.165, 1.54) is 0 Å². The molecule has 2 N–H and O–H groups in total. The number of hydrogen-bond donors (Lipinski definition) is 2. The van der Waals surface area contributed by atoms with E-state index in [-0.39, 0.29) is 5.91 Å². The van der Waals surface area contributed by atoms with Crippen LogP contribution in [0.5, 0.6) is 5.75 Å². The van der Waals surface area contributed by atoms with Crippen LogP contribution in [0.25, 0.3) is 21.7 Å². The summed E-state index contributed by atoms with van der Waals surface area (Å²) < 4.78 is 5.75. The normalized spacial score (nSPS) is 12.5. The van der Waals surface area contributed by atoms with Gasteiger partial charge < -0.3 is 9.72 Å². The van der Waals surface area contributed by atoms with Gasteiger partial charge in [-0.15, -0.1) is 0 Å². The Labute approximate surface area is 156 Å². The van der Waals surface area contributed by atoms with Crippen molar-refractivity contribution in [3.8, 4) is 5.75 Å². The fourth-order valence-electron chi connectivity index (χ4n) is 2.96. The summed E-state index contributed by atoms with van der Waals surface area (Å²) >= 11 is 0. The van der Waals surface area contributed by atoms with Crippen LogP contribution in [0.4, 0.5) is 0 Å². The summed E-state index contributed by atoms with van der Waals surface area (Å²) in [5.74, 6) is 0.344. The van der Waals surface area contributed by atoms with Crippen molar-refractivity contribution in [1.29, 1.82) is 0 Å². The van der Waals surface area contributed by atoms with Crippen molar-refractivity contribution in [3.63, 3.8) is 0 Å². The molecule has 5 nitrogen and oxygen atoms in total. The van der Waals surface area contributed by atoms with Crippen molar-refractivity contribution >= 4 is 33.8 Å². The maximum absolute atomic E-state index is 12.2. The van der Waals surface area contributed by atoms with Crippen LogP contribution < -0.4 is 10.2 Å². The van der Waals surface area contributed by atoms with E-state index in [1.54, 1.807) is 13.1 Å². The van der Waals surface area contributed by atoms with Gasteiger partial charge in [-0.2, -0.15) is 5.10 Å². The number of ether oxygens (including phenoxy) is 1. The van der Waals surface area contributed by atoms with Gasteiger partial charge >= 0.3 is 0 Å². The average molecular weight is 357 g/mol. The number of hydrogen-bond acceptors (Lipinski definition) is 3. The van der Waals surface area contributed by atoms with E-state index in [9.17, 15) is 4.79 Å². The maximum Gasteiger partial charge on any atom is 0.280 e. The summed E-state index contributed by atoms with van der Waals surface area (Å²) in [6.07, 6.45) is 2.82. The molecule has 1 atom stereocenters. The first kappa shape index (κ1) is 16.8. The lowest BCUT2D eigenvalue weighted by atomic mass is 10.1. The van der Waals surface area contributed by atoms with Crippen LogP contribution in [0.2, 0.25) is 0 Å². The standard InChI is InChI=1S/C22H19N3O2/c1-15(27-19-11-10-16-6-2-3-7-17(16)12-19)22(26)25-24-14-18-13-23-21-9-5-4-8-20(18)21/h2-15,23H,1H3,(H,25,26)/b24-14+. The molecule has 3 aromatic carbocycles. The van der Waals surface area contributed by atoms with Crippen LogP contribution in [0.1, 0.15) is 12.5 Å². The molecule has 5 heteroatoms. The topological polar surface area (TPSA) is 66.5 Å². The molecule has 0 aliphatic carbocycles. The molecule has 27 heavy (non-hydrogen) atoms. The molecule has 0 saturated carbocycles. The van der Waals surface area contributed by atoms with Crippen LogP contribution >= 0.6 is 0 Å². The minimum atomic E-state index is -0.661. The summed E-state index contributed by atoms with van der Waals surface area (Å²) in [6.45, 7) is 1.70. The largest absolute Gasteiger partial charge is 0.481 e. The molecular formula is C22H19N3O2. The molecule has 134 valence electrons. The number of H-pyrrole nitrogens is 1. The molecule has 0 aliphatic heterocycles. The fourth-order valence-corrected chi connectivity index (χ4v) is 2.96. The Bertz CT molecular complexity index is 1130. The summed E-state index contributed by atoms with van der Waals surface area (Å²) in [5.41, 5.74) is 4.47. The third-order valence-corrected chi connectivity index (χ3v) is 4.40. The summed E-state index contributed by atoms with van der Waals surface area (Å²) in [7, 11) is 0. The van der Waals surface area contributed by atoms with Gasteiger partial charge in [0.2, 0.25) is 0 Å². The van der Waals surface area contributed by atoms with Gasteiger partial charge in [0.1, 0.15) is 5.75 Å². The third kappa shape index (κ3) is 3.67. The molecular weight excluding hydrogens is 338 g/mol. The Hall–Kier alpha value is -3.60. The zero-order valence-electron chi connectivity index (χ0n) is 14.8. The van der Waals surface area contributed by atoms with E-state index in [0.717, 1.165) is 27.2 Å². The minimum absolute atomic E-state index is 0.306. The molecule has 0 saturated heterocycles. The fraction of sp³-hybridized carbons (Fsp3) is 0.0909. The van der Waals surface area contributed by atoms with E-state index in [0.29, 0.717) is 5.75 Å². The first-order chi connectivity index (χ1) is 13.2. The number of para-hydroxylation sites is 1. The lowest BCUT2D eigenvalue weighted by Crippen LogP contribution is -2.33. The second-order valence-electron chi connectivity index (χ2n) is 6.29. The molecule has 0 spiro atoms. The first-order valence-electron chi connectivity index (χ1n) is 8.75. The van der Waals surface area contributed by atoms with Gasteiger partial charge in [0.25, 0.3) is 5.91 Å². The number of aromatic amines is 1. The number of carbonyl (C=O) groups excluding carboxylic acids is 1. The molecule has 4 rings (SSSR count). The second kappa shape index (κ2) is 7.33. The number of aromatic nitrogens is 1. The monoisotopic (exact) mass is 357 g/mol. The Morgan fingerprint density at radius 1 is 1.07 bits per heavy atom. The Balaban J connectivity index is 1.40. The number of benzene rings is 3. The number of amides is 1. The molecule has 0 fully saturated rings. The van der Waals surface area contributed by atoms with E-state index in [4.69, 9.17) is 4.74 Å². The summed E-state index contributed by atoms with van der Waals surface area (Å²) in [5, 5.41) is 7.30. The molecule has 1 aromatic heterocycles.